The predicted octanol–water partition coefficient (Wildman–Crippen LogP) is 2.75. The normalized spacial score (nSPS) is 23.5. The van der Waals surface area contributed by atoms with Crippen LogP contribution in [0.5, 0.6) is 0 Å². The average molecular weight is 265 g/mol. The fourth-order valence-electron chi connectivity index (χ4n) is 2.88. The summed E-state index contributed by atoms with van der Waals surface area (Å²) in [5, 5.41) is 17.2. The number of rotatable bonds is 5. The van der Waals surface area contributed by atoms with Crippen molar-refractivity contribution in [3.63, 3.8) is 0 Å². The van der Waals surface area contributed by atoms with Gasteiger partial charge in [0.05, 0.1) is 0 Å². The van der Waals surface area contributed by atoms with E-state index in [4.69, 9.17) is 5.11 Å². The molecule has 0 spiro atoms. The third kappa shape index (κ3) is 3.55. The highest BCUT2D eigenvalue weighted by Gasteiger charge is 2.24. The SMILES string of the molecule is Cc1nnc(C2CCC(C)CC2)n1CCCC(=O)O. The molecular weight excluding hydrogens is 242 g/mol. The van der Waals surface area contributed by atoms with Crippen molar-refractivity contribution in [1.29, 1.82) is 0 Å². The van der Waals surface area contributed by atoms with Crippen LogP contribution in [0.25, 0.3) is 0 Å². The largest absolute Gasteiger partial charge is 0.481 e. The van der Waals surface area contributed by atoms with E-state index in [-0.39, 0.29) is 6.42 Å². The number of hydrogen-bond donors (Lipinski definition) is 1. The molecule has 2 rings (SSSR count). The third-order valence-corrected chi connectivity index (χ3v) is 4.12. The van der Waals surface area contributed by atoms with Gasteiger partial charge in [0.25, 0.3) is 0 Å². The van der Waals surface area contributed by atoms with Gasteiger partial charge in [0, 0.05) is 18.9 Å². The van der Waals surface area contributed by atoms with Crippen molar-refractivity contribution in [2.75, 3.05) is 0 Å². The van der Waals surface area contributed by atoms with Crippen LogP contribution >= 0.6 is 0 Å². The van der Waals surface area contributed by atoms with E-state index in [0.29, 0.717) is 18.9 Å². The molecule has 1 saturated carbocycles. The highest BCUT2D eigenvalue weighted by atomic mass is 16.4. The molecule has 0 atom stereocenters. The van der Waals surface area contributed by atoms with E-state index in [1.165, 1.54) is 25.7 Å². The first-order valence-electron chi connectivity index (χ1n) is 7.19. The highest BCUT2D eigenvalue weighted by Crippen LogP contribution is 2.34. The van der Waals surface area contributed by atoms with Crippen LogP contribution in [0.4, 0.5) is 0 Å². The van der Waals surface area contributed by atoms with E-state index in [1.54, 1.807) is 0 Å². The molecule has 0 unspecified atom stereocenters. The van der Waals surface area contributed by atoms with Crippen molar-refractivity contribution >= 4 is 5.97 Å². The van der Waals surface area contributed by atoms with Gasteiger partial charge in [-0.05, 0) is 32.1 Å². The lowest BCUT2D eigenvalue weighted by atomic mass is 9.82. The molecule has 1 heterocycles. The van der Waals surface area contributed by atoms with Gasteiger partial charge in [-0.3, -0.25) is 4.79 Å². The van der Waals surface area contributed by atoms with E-state index >= 15 is 0 Å². The maximum absolute atomic E-state index is 10.6. The third-order valence-electron chi connectivity index (χ3n) is 4.12. The Bertz CT molecular complexity index is 434. The molecule has 19 heavy (non-hydrogen) atoms. The van der Waals surface area contributed by atoms with Gasteiger partial charge in [0.2, 0.25) is 0 Å². The molecule has 0 saturated heterocycles. The quantitative estimate of drug-likeness (QED) is 0.888. The zero-order chi connectivity index (χ0) is 13.8. The number of aromatic nitrogens is 3. The van der Waals surface area contributed by atoms with E-state index in [0.717, 1.165) is 17.6 Å². The Kier molecular flexibility index (Phi) is 4.56. The summed E-state index contributed by atoms with van der Waals surface area (Å²) in [5.41, 5.74) is 0. The molecule has 1 aromatic heterocycles. The van der Waals surface area contributed by atoms with Crippen LogP contribution in [0.3, 0.4) is 0 Å². The summed E-state index contributed by atoms with van der Waals surface area (Å²) < 4.78 is 2.11. The molecular formula is C14H23N3O2. The zero-order valence-electron chi connectivity index (χ0n) is 11.8. The van der Waals surface area contributed by atoms with Crippen LogP contribution in [0.1, 0.15) is 63.0 Å². The first kappa shape index (κ1) is 14.0. The Morgan fingerprint density at radius 3 is 2.63 bits per heavy atom. The summed E-state index contributed by atoms with van der Waals surface area (Å²) >= 11 is 0. The van der Waals surface area contributed by atoms with Crippen LogP contribution in [0.2, 0.25) is 0 Å². The predicted molar refractivity (Wildman–Crippen MR) is 72.0 cm³/mol. The van der Waals surface area contributed by atoms with Gasteiger partial charge in [0.15, 0.2) is 0 Å². The zero-order valence-corrected chi connectivity index (χ0v) is 11.8. The molecule has 0 bridgehead atoms. The molecule has 0 aliphatic heterocycles. The number of aliphatic carboxylic acids is 1. The van der Waals surface area contributed by atoms with Gasteiger partial charge >= 0.3 is 5.97 Å². The lowest BCUT2D eigenvalue weighted by Crippen LogP contribution is -2.16. The van der Waals surface area contributed by atoms with Gasteiger partial charge in [-0.2, -0.15) is 0 Å². The fraction of sp³-hybridized carbons (Fsp3) is 0.786. The van der Waals surface area contributed by atoms with Gasteiger partial charge in [-0.15, -0.1) is 10.2 Å². The summed E-state index contributed by atoms with van der Waals surface area (Å²) in [6, 6.07) is 0. The minimum absolute atomic E-state index is 0.207. The number of hydrogen-bond acceptors (Lipinski definition) is 3. The van der Waals surface area contributed by atoms with E-state index in [2.05, 4.69) is 21.7 Å². The Morgan fingerprint density at radius 2 is 2.00 bits per heavy atom. The monoisotopic (exact) mass is 265 g/mol. The number of carbonyl (C=O) groups is 1. The van der Waals surface area contributed by atoms with Gasteiger partial charge < -0.3 is 9.67 Å². The number of carboxylic acids is 1. The molecule has 0 radical (unpaired) electrons. The topological polar surface area (TPSA) is 68.0 Å². The number of aryl methyl sites for hydroxylation is 1. The summed E-state index contributed by atoms with van der Waals surface area (Å²) in [6.07, 6.45) is 5.72. The second-order valence-electron chi connectivity index (χ2n) is 5.71. The van der Waals surface area contributed by atoms with Crippen LogP contribution in [0, 0.1) is 12.8 Å². The van der Waals surface area contributed by atoms with Crippen LogP contribution in [-0.4, -0.2) is 25.8 Å². The van der Waals surface area contributed by atoms with E-state index < -0.39 is 5.97 Å². The van der Waals surface area contributed by atoms with Crippen molar-refractivity contribution in [1.82, 2.24) is 14.8 Å². The summed E-state index contributed by atoms with van der Waals surface area (Å²) in [4.78, 5) is 10.6. The molecule has 1 N–H and O–H groups in total. The van der Waals surface area contributed by atoms with Crippen LogP contribution in [-0.2, 0) is 11.3 Å². The van der Waals surface area contributed by atoms with Crippen LogP contribution < -0.4 is 0 Å². The van der Waals surface area contributed by atoms with Crippen molar-refractivity contribution in [2.45, 2.75) is 64.8 Å². The lowest BCUT2D eigenvalue weighted by molar-refractivity contribution is -0.137. The van der Waals surface area contributed by atoms with Gasteiger partial charge in [0.1, 0.15) is 11.6 Å². The first-order chi connectivity index (χ1) is 9.08. The maximum atomic E-state index is 10.6. The summed E-state index contributed by atoms with van der Waals surface area (Å²) in [6.45, 7) is 4.97. The summed E-state index contributed by atoms with van der Waals surface area (Å²) in [5.74, 6) is 2.55. The Labute approximate surface area is 114 Å². The molecule has 1 aliphatic rings. The van der Waals surface area contributed by atoms with Crippen molar-refractivity contribution in [2.24, 2.45) is 5.92 Å². The Hall–Kier alpha value is -1.39. The standard InChI is InChI=1S/C14H23N3O2/c1-10-5-7-12(8-6-10)14-16-15-11(2)17(14)9-3-4-13(18)19/h10,12H,3-9H2,1-2H3,(H,18,19). The maximum Gasteiger partial charge on any atom is 0.303 e. The van der Waals surface area contributed by atoms with Crippen LogP contribution in [0.15, 0.2) is 0 Å². The summed E-state index contributed by atoms with van der Waals surface area (Å²) in [7, 11) is 0. The van der Waals surface area contributed by atoms with Crippen molar-refractivity contribution in [3.05, 3.63) is 11.6 Å². The smallest absolute Gasteiger partial charge is 0.303 e. The average Bonchev–Trinajstić information content (AvgIpc) is 2.72. The second kappa shape index (κ2) is 6.17. The van der Waals surface area contributed by atoms with Gasteiger partial charge in [-0.25, -0.2) is 0 Å². The molecule has 1 aliphatic carbocycles. The molecule has 5 nitrogen and oxygen atoms in total. The van der Waals surface area contributed by atoms with Gasteiger partial charge in [-0.1, -0.05) is 19.8 Å². The molecule has 106 valence electrons. The fourth-order valence-corrected chi connectivity index (χ4v) is 2.88. The van der Waals surface area contributed by atoms with Crippen molar-refractivity contribution < 1.29 is 9.90 Å². The molecule has 0 amide bonds. The van der Waals surface area contributed by atoms with E-state index in [1.807, 2.05) is 6.92 Å². The molecule has 1 fully saturated rings. The lowest BCUT2D eigenvalue weighted by Gasteiger charge is -2.25. The van der Waals surface area contributed by atoms with E-state index in [9.17, 15) is 4.79 Å². The number of nitrogens with zero attached hydrogens (tertiary/aromatic N) is 3. The van der Waals surface area contributed by atoms with Crippen molar-refractivity contribution in [3.8, 4) is 0 Å². The minimum atomic E-state index is -0.737. The minimum Gasteiger partial charge on any atom is -0.481 e. The number of carboxylic acid groups (broad SMARTS) is 1. The first-order valence-corrected chi connectivity index (χ1v) is 7.19. The molecule has 5 heteroatoms. The Morgan fingerprint density at radius 1 is 1.32 bits per heavy atom. The molecule has 0 aromatic carbocycles. The Balaban J connectivity index is 2.02. The second-order valence-corrected chi connectivity index (χ2v) is 5.71. The molecule has 1 aromatic rings. The highest BCUT2D eigenvalue weighted by molar-refractivity contribution is 5.66.